The second kappa shape index (κ2) is 7.13. The third-order valence-corrected chi connectivity index (χ3v) is 6.61. The van der Waals surface area contributed by atoms with Crippen molar-refractivity contribution in [2.75, 3.05) is 13.2 Å². The standard InChI is InChI=1S/C18H20ClNO3S/c1-2-23-15-11-9-14(10-12-15)17-7-5-13-20(17)24(21,22)18-8-4-3-6-16(18)19/h3-4,6,8-12,17H,2,5,7,13H2,1H3. The van der Waals surface area contributed by atoms with Crippen molar-refractivity contribution < 1.29 is 13.2 Å². The number of ether oxygens (including phenoxy) is 1. The summed E-state index contributed by atoms with van der Waals surface area (Å²) in [5, 5.41) is 0.259. The molecule has 1 aliphatic rings. The second-order valence-electron chi connectivity index (χ2n) is 5.71. The van der Waals surface area contributed by atoms with Crippen LogP contribution < -0.4 is 4.74 Å². The average Bonchev–Trinajstić information content (AvgIpc) is 3.06. The van der Waals surface area contributed by atoms with E-state index in [4.69, 9.17) is 16.3 Å². The highest BCUT2D eigenvalue weighted by atomic mass is 35.5. The van der Waals surface area contributed by atoms with Crippen molar-refractivity contribution in [1.82, 2.24) is 4.31 Å². The minimum atomic E-state index is -3.62. The highest BCUT2D eigenvalue weighted by Gasteiger charge is 2.37. The Labute approximate surface area is 148 Å². The normalized spacial score (nSPS) is 18.7. The van der Waals surface area contributed by atoms with E-state index in [9.17, 15) is 8.42 Å². The molecule has 24 heavy (non-hydrogen) atoms. The Balaban J connectivity index is 1.91. The van der Waals surface area contributed by atoms with Crippen LogP contribution in [-0.2, 0) is 10.0 Å². The van der Waals surface area contributed by atoms with E-state index in [2.05, 4.69) is 0 Å². The molecule has 0 amide bonds. The van der Waals surface area contributed by atoms with Crippen molar-refractivity contribution in [1.29, 1.82) is 0 Å². The van der Waals surface area contributed by atoms with Crippen LogP contribution in [0.1, 0.15) is 31.4 Å². The van der Waals surface area contributed by atoms with Crippen LogP contribution in [0.2, 0.25) is 5.02 Å². The van der Waals surface area contributed by atoms with Gasteiger partial charge in [-0.05, 0) is 49.6 Å². The highest BCUT2D eigenvalue weighted by Crippen LogP contribution is 2.38. The maximum absolute atomic E-state index is 13.0. The molecule has 1 fully saturated rings. The summed E-state index contributed by atoms with van der Waals surface area (Å²) in [5.74, 6) is 0.791. The number of benzene rings is 2. The third kappa shape index (κ3) is 3.29. The molecule has 0 saturated carbocycles. The lowest BCUT2D eigenvalue weighted by molar-refractivity contribution is 0.339. The predicted molar refractivity (Wildman–Crippen MR) is 94.9 cm³/mol. The van der Waals surface area contributed by atoms with Crippen molar-refractivity contribution in [3.63, 3.8) is 0 Å². The lowest BCUT2D eigenvalue weighted by Gasteiger charge is -2.25. The van der Waals surface area contributed by atoms with Gasteiger partial charge < -0.3 is 4.74 Å². The van der Waals surface area contributed by atoms with Gasteiger partial charge in [0, 0.05) is 6.54 Å². The topological polar surface area (TPSA) is 46.6 Å². The minimum Gasteiger partial charge on any atom is -0.494 e. The van der Waals surface area contributed by atoms with Crippen LogP contribution in [0.3, 0.4) is 0 Å². The fourth-order valence-electron chi connectivity index (χ4n) is 3.09. The van der Waals surface area contributed by atoms with Gasteiger partial charge in [0.15, 0.2) is 0 Å². The predicted octanol–water partition coefficient (Wildman–Crippen LogP) is 4.26. The molecule has 2 aromatic rings. The van der Waals surface area contributed by atoms with Crippen LogP contribution in [0.15, 0.2) is 53.4 Å². The largest absolute Gasteiger partial charge is 0.494 e. The number of nitrogens with zero attached hydrogens (tertiary/aromatic N) is 1. The zero-order valence-corrected chi connectivity index (χ0v) is 15.1. The molecule has 0 N–H and O–H groups in total. The molecule has 128 valence electrons. The molecule has 1 saturated heterocycles. The molecule has 0 aromatic heterocycles. The number of hydrogen-bond acceptors (Lipinski definition) is 3. The maximum atomic E-state index is 13.0. The fourth-order valence-corrected chi connectivity index (χ4v) is 5.27. The molecular weight excluding hydrogens is 346 g/mol. The van der Waals surface area contributed by atoms with Gasteiger partial charge in [-0.15, -0.1) is 0 Å². The molecule has 4 nitrogen and oxygen atoms in total. The summed E-state index contributed by atoms with van der Waals surface area (Å²) in [4.78, 5) is 0.171. The van der Waals surface area contributed by atoms with Crippen LogP contribution in [0, 0.1) is 0 Å². The highest BCUT2D eigenvalue weighted by molar-refractivity contribution is 7.89. The summed E-state index contributed by atoms with van der Waals surface area (Å²) in [5.41, 5.74) is 0.978. The van der Waals surface area contributed by atoms with Crippen LogP contribution >= 0.6 is 11.6 Å². The summed E-state index contributed by atoms with van der Waals surface area (Å²) >= 11 is 6.11. The summed E-state index contributed by atoms with van der Waals surface area (Å²) in [6, 6.07) is 14.1. The van der Waals surface area contributed by atoms with E-state index in [1.54, 1.807) is 28.6 Å². The molecule has 1 aliphatic heterocycles. The Hall–Kier alpha value is -1.56. The molecule has 0 radical (unpaired) electrons. The van der Waals surface area contributed by atoms with Crippen LogP contribution in [-0.4, -0.2) is 25.9 Å². The number of sulfonamides is 1. The quantitative estimate of drug-likeness (QED) is 0.795. The molecule has 1 unspecified atom stereocenters. The molecule has 2 aromatic carbocycles. The molecule has 1 atom stereocenters. The van der Waals surface area contributed by atoms with Gasteiger partial charge in [-0.1, -0.05) is 35.9 Å². The molecule has 3 rings (SSSR count). The van der Waals surface area contributed by atoms with E-state index in [1.807, 2.05) is 31.2 Å². The first-order valence-electron chi connectivity index (χ1n) is 8.03. The zero-order chi connectivity index (χ0) is 17.2. The Bertz CT molecular complexity index is 805. The van der Waals surface area contributed by atoms with Crippen molar-refractivity contribution in [3.05, 3.63) is 59.1 Å². The smallest absolute Gasteiger partial charge is 0.245 e. The van der Waals surface area contributed by atoms with Gasteiger partial charge in [-0.3, -0.25) is 0 Å². The van der Waals surface area contributed by atoms with Gasteiger partial charge in [-0.2, -0.15) is 4.31 Å². The van der Waals surface area contributed by atoms with Gasteiger partial charge in [0.05, 0.1) is 17.7 Å². The molecule has 0 aliphatic carbocycles. The van der Waals surface area contributed by atoms with Gasteiger partial charge in [0.1, 0.15) is 10.6 Å². The van der Waals surface area contributed by atoms with Crippen molar-refractivity contribution in [2.24, 2.45) is 0 Å². The lowest BCUT2D eigenvalue weighted by atomic mass is 10.1. The lowest BCUT2D eigenvalue weighted by Crippen LogP contribution is -2.30. The van der Waals surface area contributed by atoms with Crippen LogP contribution in [0.5, 0.6) is 5.75 Å². The zero-order valence-electron chi connectivity index (χ0n) is 13.5. The molecule has 0 bridgehead atoms. The van der Waals surface area contributed by atoms with Crippen molar-refractivity contribution in [3.8, 4) is 5.75 Å². The first kappa shape index (κ1) is 17.3. The van der Waals surface area contributed by atoms with E-state index in [0.29, 0.717) is 13.2 Å². The summed E-state index contributed by atoms with van der Waals surface area (Å²) in [7, 11) is -3.62. The summed E-state index contributed by atoms with van der Waals surface area (Å²) in [6.07, 6.45) is 1.64. The Kier molecular flexibility index (Phi) is 5.13. The Morgan fingerprint density at radius 2 is 1.88 bits per heavy atom. The first-order valence-corrected chi connectivity index (χ1v) is 9.85. The summed E-state index contributed by atoms with van der Waals surface area (Å²) < 4.78 is 33.1. The summed E-state index contributed by atoms with van der Waals surface area (Å²) in [6.45, 7) is 3.05. The molecule has 1 heterocycles. The third-order valence-electron chi connectivity index (χ3n) is 4.20. The molecule has 0 spiro atoms. The van der Waals surface area contributed by atoms with E-state index in [-0.39, 0.29) is 16.0 Å². The van der Waals surface area contributed by atoms with E-state index in [0.717, 1.165) is 24.2 Å². The van der Waals surface area contributed by atoms with Gasteiger partial charge in [0.25, 0.3) is 0 Å². The van der Waals surface area contributed by atoms with Crippen LogP contribution in [0.25, 0.3) is 0 Å². The first-order chi connectivity index (χ1) is 11.5. The second-order valence-corrected chi connectivity index (χ2v) is 7.97. The fraction of sp³-hybridized carbons (Fsp3) is 0.333. The van der Waals surface area contributed by atoms with Crippen molar-refractivity contribution >= 4 is 21.6 Å². The van der Waals surface area contributed by atoms with Gasteiger partial charge in [-0.25, -0.2) is 8.42 Å². The monoisotopic (exact) mass is 365 g/mol. The average molecular weight is 366 g/mol. The minimum absolute atomic E-state index is 0.165. The number of hydrogen-bond donors (Lipinski definition) is 0. The van der Waals surface area contributed by atoms with Crippen molar-refractivity contribution in [2.45, 2.75) is 30.7 Å². The maximum Gasteiger partial charge on any atom is 0.245 e. The van der Waals surface area contributed by atoms with E-state index >= 15 is 0 Å². The SMILES string of the molecule is CCOc1ccc(C2CCCN2S(=O)(=O)c2ccccc2Cl)cc1. The van der Waals surface area contributed by atoms with Crippen LogP contribution in [0.4, 0.5) is 0 Å². The Morgan fingerprint density at radius 3 is 2.54 bits per heavy atom. The van der Waals surface area contributed by atoms with E-state index in [1.165, 1.54) is 0 Å². The molecule has 6 heteroatoms. The Morgan fingerprint density at radius 1 is 1.17 bits per heavy atom. The van der Waals surface area contributed by atoms with E-state index < -0.39 is 10.0 Å². The van der Waals surface area contributed by atoms with Gasteiger partial charge >= 0.3 is 0 Å². The molecular formula is C18H20ClNO3S. The van der Waals surface area contributed by atoms with Gasteiger partial charge in [0.2, 0.25) is 10.0 Å². The number of rotatable bonds is 5. The number of halogens is 1.